The van der Waals surface area contributed by atoms with Crippen LogP contribution in [-0.2, 0) is 4.79 Å². The number of allylic oxidation sites excluding steroid dienone is 1. The Morgan fingerprint density at radius 2 is 2.29 bits per heavy atom. The second kappa shape index (κ2) is 4.20. The molecule has 1 aliphatic rings. The quantitative estimate of drug-likeness (QED) is 0.411. The van der Waals surface area contributed by atoms with Gasteiger partial charge in [0.25, 0.3) is 5.91 Å². The normalized spacial score (nSPS) is 22.2. The molecule has 0 saturated carbocycles. The average molecular weight is 218 g/mol. The summed E-state index contributed by atoms with van der Waals surface area (Å²) >= 11 is 1.05. The number of amides is 1. The Hall–Kier alpha value is -0.720. The van der Waals surface area contributed by atoms with Crippen LogP contribution in [0.15, 0.2) is 11.8 Å². The van der Waals surface area contributed by atoms with Crippen LogP contribution in [0.25, 0.3) is 0 Å². The van der Waals surface area contributed by atoms with Crippen molar-refractivity contribution in [2.45, 2.75) is 12.0 Å². The lowest BCUT2D eigenvalue weighted by atomic mass is 10.3. The number of hydrogen-bond donors (Lipinski definition) is 3. The molecule has 80 valence electrons. The first-order chi connectivity index (χ1) is 6.46. The van der Waals surface area contributed by atoms with E-state index >= 15 is 0 Å². The van der Waals surface area contributed by atoms with Crippen molar-refractivity contribution in [1.82, 2.24) is 4.90 Å². The minimum atomic E-state index is -1.79. The Morgan fingerprint density at radius 1 is 1.64 bits per heavy atom. The summed E-state index contributed by atoms with van der Waals surface area (Å²) in [6, 6.07) is 0. The number of primary amides is 1. The third-order valence-electron chi connectivity index (χ3n) is 1.96. The number of aliphatic hydroxyl groups is 2. The monoisotopic (exact) mass is 218 g/mol. The van der Waals surface area contributed by atoms with Gasteiger partial charge in [-0.25, -0.2) is 0 Å². The van der Waals surface area contributed by atoms with Crippen molar-refractivity contribution in [3.63, 3.8) is 0 Å². The minimum Gasteiger partial charge on any atom is -0.364 e. The molecule has 4 N–H and O–H groups in total. The molecule has 1 aliphatic heterocycles. The summed E-state index contributed by atoms with van der Waals surface area (Å²) < 4.78 is 0. The zero-order chi connectivity index (χ0) is 10.8. The van der Waals surface area contributed by atoms with Gasteiger partial charge in [0.1, 0.15) is 0 Å². The molecule has 0 aromatic rings. The molecular weight excluding hydrogens is 204 g/mol. The summed E-state index contributed by atoms with van der Waals surface area (Å²) in [6.07, 6.45) is 1.58. The predicted octanol–water partition coefficient (Wildman–Crippen LogP) is -0.937. The van der Waals surface area contributed by atoms with Crippen molar-refractivity contribution in [2.24, 2.45) is 5.73 Å². The smallest absolute Gasteiger partial charge is 0.264 e. The van der Waals surface area contributed by atoms with Crippen molar-refractivity contribution in [3.8, 4) is 0 Å². The highest BCUT2D eigenvalue weighted by Gasteiger charge is 2.33. The molecule has 0 unspecified atom stereocenters. The number of rotatable bonds is 2. The lowest BCUT2D eigenvalue weighted by Gasteiger charge is -2.36. The summed E-state index contributed by atoms with van der Waals surface area (Å²) in [5, 5.41) is 16.9. The second-order valence-corrected chi connectivity index (χ2v) is 4.40. The largest absolute Gasteiger partial charge is 0.364 e. The molecular formula is C8H14N2O3S. The number of thioether (sulfide) groups is 1. The van der Waals surface area contributed by atoms with E-state index in [0.717, 1.165) is 11.8 Å². The molecule has 1 heterocycles. The molecule has 0 aromatic carbocycles. The molecule has 0 spiro atoms. The van der Waals surface area contributed by atoms with Gasteiger partial charge in [0.05, 0.1) is 12.2 Å². The molecule has 0 bridgehead atoms. The molecule has 1 rings (SSSR count). The molecule has 1 fully saturated rings. The van der Waals surface area contributed by atoms with Crippen molar-refractivity contribution in [1.29, 1.82) is 0 Å². The van der Waals surface area contributed by atoms with Crippen molar-refractivity contribution in [2.75, 3.05) is 18.8 Å². The SMILES string of the molecule is CC=C(C(N)=O)N1CCSC(O)(O)C1. The van der Waals surface area contributed by atoms with Crippen LogP contribution in [0.5, 0.6) is 0 Å². The number of nitrogens with zero attached hydrogens (tertiary/aromatic N) is 1. The topological polar surface area (TPSA) is 86.8 Å². The molecule has 0 atom stereocenters. The lowest BCUT2D eigenvalue weighted by molar-refractivity contribution is -0.118. The molecule has 0 aliphatic carbocycles. The minimum absolute atomic E-state index is 0.000278. The highest BCUT2D eigenvalue weighted by molar-refractivity contribution is 8.00. The number of carbonyl (C=O) groups is 1. The van der Waals surface area contributed by atoms with E-state index in [-0.39, 0.29) is 6.54 Å². The van der Waals surface area contributed by atoms with E-state index in [9.17, 15) is 15.0 Å². The van der Waals surface area contributed by atoms with E-state index in [1.54, 1.807) is 17.9 Å². The fraction of sp³-hybridized carbons (Fsp3) is 0.625. The molecule has 0 radical (unpaired) electrons. The Labute approximate surface area is 86.6 Å². The summed E-state index contributed by atoms with van der Waals surface area (Å²) in [5.41, 5.74) is 5.48. The van der Waals surface area contributed by atoms with E-state index in [1.165, 1.54) is 0 Å². The van der Waals surface area contributed by atoms with Gasteiger partial charge in [-0.15, -0.1) is 0 Å². The third-order valence-corrected chi connectivity index (χ3v) is 2.94. The first-order valence-electron chi connectivity index (χ1n) is 4.26. The van der Waals surface area contributed by atoms with Gasteiger partial charge in [-0.3, -0.25) is 4.79 Å². The molecule has 1 saturated heterocycles. The third kappa shape index (κ3) is 2.63. The molecule has 1 amide bonds. The zero-order valence-electron chi connectivity index (χ0n) is 7.93. The first kappa shape index (κ1) is 11.4. The van der Waals surface area contributed by atoms with Gasteiger partial charge in [0.2, 0.25) is 5.12 Å². The van der Waals surface area contributed by atoms with Crippen LogP contribution >= 0.6 is 11.8 Å². The number of β-amino-alcohol motifs (C(OH)–C–C–N with tert-alkyl or cyclic N) is 2. The summed E-state index contributed by atoms with van der Waals surface area (Å²) in [7, 11) is 0. The highest BCUT2D eigenvalue weighted by atomic mass is 32.2. The Morgan fingerprint density at radius 3 is 2.71 bits per heavy atom. The van der Waals surface area contributed by atoms with E-state index < -0.39 is 11.0 Å². The fourth-order valence-corrected chi connectivity index (χ4v) is 2.26. The fourth-order valence-electron chi connectivity index (χ4n) is 1.38. The van der Waals surface area contributed by atoms with Crippen molar-refractivity contribution >= 4 is 17.7 Å². The van der Waals surface area contributed by atoms with E-state index in [4.69, 9.17) is 5.73 Å². The van der Waals surface area contributed by atoms with Crippen LogP contribution < -0.4 is 5.73 Å². The lowest BCUT2D eigenvalue weighted by Crippen LogP contribution is -2.47. The summed E-state index contributed by atoms with van der Waals surface area (Å²) in [4.78, 5) is 12.6. The van der Waals surface area contributed by atoms with Gasteiger partial charge >= 0.3 is 0 Å². The summed E-state index contributed by atoms with van der Waals surface area (Å²) in [5.74, 6) is 0.00708. The predicted molar refractivity (Wildman–Crippen MR) is 54.2 cm³/mol. The van der Waals surface area contributed by atoms with Crippen LogP contribution in [0.3, 0.4) is 0 Å². The average Bonchev–Trinajstić information content (AvgIpc) is 2.02. The van der Waals surface area contributed by atoms with Gasteiger partial charge < -0.3 is 20.8 Å². The Kier molecular flexibility index (Phi) is 3.41. The van der Waals surface area contributed by atoms with E-state index in [0.29, 0.717) is 18.0 Å². The summed E-state index contributed by atoms with van der Waals surface area (Å²) in [6.45, 7) is 2.29. The molecule has 6 heteroatoms. The van der Waals surface area contributed by atoms with Gasteiger partial charge in [-0.2, -0.15) is 0 Å². The Bertz CT molecular complexity index is 265. The van der Waals surface area contributed by atoms with Crippen molar-refractivity contribution < 1.29 is 15.0 Å². The van der Waals surface area contributed by atoms with Crippen LogP contribution in [0.1, 0.15) is 6.92 Å². The highest BCUT2D eigenvalue weighted by Crippen LogP contribution is 2.27. The second-order valence-electron chi connectivity index (χ2n) is 3.05. The number of carbonyl (C=O) groups excluding carboxylic acids is 1. The van der Waals surface area contributed by atoms with Gasteiger partial charge in [0.15, 0.2) is 0 Å². The van der Waals surface area contributed by atoms with Crippen LogP contribution in [-0.4, -0.2) is 45.0 Å². The molecule has 14 heavy (non-hydrogen) atoms. The van der Waals surface area contributed by atoms with E-state index in [1.807, 2.05) is 0 Å². The maximum atomic E-state index is 11.0. The maximum absolute atomic E-state index is 11.0. The van der Waals surface area contributed by atoms with Crippen LogP contribution in [0.2, 0.25) is 0 Å². The number of nitrogens with two attached hydrogens (primary N) is 1. The zero-order valence-corrected chi connectivity index (χ0v) is 8.75. The van der Waals surface area contributed by atoms with Gasteiger partial charge in [0, 0.05) is 12.3 Å². The van der Waals surface area contributed by atoms with Gasteiger partial charge in [-0.05, 0) is 6.92 Å². The first-order valence-corrected chi connectivity index (χ1v) is 5.24. The number of hydrogen-bond acceptors (Lipinski definition) is 5. The maximum Gasteiger partial charge on any atom is 0.264 e. The van der Waals surface area contributed by atoms with Crippen molar-refractivity contribution in [3.05, 3.63) is 11.8 Å². The molecule has 5 nitrogen and oxygen atoms in total. The Balaban J connectivity index is 2.73. The van der Waals surface area contributed by atoms with E-state index in [2.05, 4.69) is 0 Å². The van der Waals surface area contributed by atoms with Crippen LogP contribution in [0.4, 0.5) is 0 Å². The standard InChI is InChI=1S/C8H14N2O3S/c1-2-6(7(9)11)10-3-4-14-8(12,13)5-10/h2,12-13H,3-5H2,1H3,(H2,9,11). The van der Waals surface area contributed by atoms with Crippen LogP contribution in [0, 0.1) is 0 Å². The van der Waals surface area contributed by atoms with Gasteiger partial charge in [-0.1, -0.05) is 17.8 Å². The molecule has 0 aromatic heterocycles.